The first-order chi connectivity index (χ1) is 12.8. The third-order valence-electron chi connectivity index (χ3n) is 4.37. The summed E-state index contributed by atoms with van der Waals surface area (Å²) in [7, 11) is -2.68. The minimum atomic E-state index is -4.02. The number of sulfonamides is 1. The molecule has 0 heterocycles. The van der Waals surface area contributed by atoms with Crippen molar-refractivity contribution in [1.29, 1.82) is 0 Å². The molecular weight excluding hydrogens is 364 g/mol. The van der Waals surface area contributed by atoms with Crippen LogP contribution in [0.5, 0.6) is 5.75 Å². The molecule has 3 N–H and O–H groups in total. The third-order valence-corrected chi connectivity index (χ3v) is 5.30. The van der Waals surface area contributed by atoms with E-state index in [1.807, 2.05) is 49.4 Å². The highest BCUT2D eigenvalue weighted by atomic mass is 32.2. The lowest BCUT2D eigenvalue weighted by Crippen LogP contribution is -2.27. The molecule has 3 rings (SSSR count). The number of rotatable bonds is 5. The van der Waals surface area contributed by atoms with Gasteiger partial charge in [-0.15, -0.1) is 0 Å². The molecule has 0 aromatic heterocycles. The number of amides is 1. The molecule has 140 valence electrons. The number of carbonyl (C=O) groups is 1. The van der Waals surface area contributed by atoms with Crippen molar-refractivity contribution in [2.75, 3.05) is 7.11 Å². The van der Waals surface area contributed by atoms with Crippen molar-refractivity contribution in [3.05, 3.63) is 71.8 Å². The molecule has 0 fully saturated rings. The summed E-state index contributed by atoms with van der Waals surface area (Å²) in [6.07, 6.45) is 0. The summed E-state index contributed by atoms with van der Waals surface area (Å²) in [5.41, 5.74) is 1.16. The van der Waals surface area contributed by atoms with E-state index in [2.05, 4.69) is 5.32 Å². The van der Waals surface area contributed by atoms with Crippen LogP contribution in [0.3, 0.4) is 0 Å². The number of hydrogen-bond acceptors (Lipinski definition) is 4. The molecule has 0 aliphatic carbocycles. The van der Waals surface area contributed by atoms with E-state index in [0.717, 1.165) is 16.3 Å². The number of methoxy groups -OCH3 is 1. The van der Waals surface area contributed by atoms with E-state index in [1.54, 1.807) is 0 Å². The van der Waals surface area contributed by atoms with Gasteiger partial charge in [-0.1, -0.05) is 42.5 Å². The quantitative estimate of drug-likeness (QED) is 0.706. The van der Waals surface area contributed by atoms with Crippen LogP contribution in [0.25, 0.3) is 10.8 Å². The van der Waals surface area contributed by atoms with Gasteiger partial charge in [0.15, 0.2) is 0 Å². The fourth-order valence-electron chi connectivity index (χ4n) is 3.03. The van der Waals surface area contributed by atoms with Gasteiger partial charge >= 0.3 is 0 Å². The van der Waals surface area contributed by atoms with Crippen LogP contribution in [-0.4, -0.2) is 21.4 Å². The van der Waals surface area contributed by atoms with E-state index in [4.69, 9.17) is 9.88 Å². The lowest BCUT2D eigenvalue weighted by atomic mass is 9.99. The Morgan fingerprint density at radius 2 is 1.78 bits per heavy atom. The van der Waals surface area contributed by atoms with Gasteiger partial charge in [-0.2, -0.15) is 0 Å². The zero-order valence-corrected chi connectivity index (χ0v) is 15.8. The molecule has 0 aliphatic rings. The van der Waals surface area contributed by atoms with E-state index in [-0.39, 0.29) is 22.3 Å². The van der Waals surface area contributed by atoms with Crippen molar-refractivity contribution >= 4 is 26.7 Å². The Balaban J connectivity index is 1.91. The second-order valence-corrected chi connectivity index (χ2v) is 7.70. The highest BCUT2D eigenvalue weighted by Gasteiger charge is 2.19. The van der Waals surface area contributed by atoms with E-state index in [0.29, 0.717) is 0 Å². The van der Waals surface area contributed by atoms with E-state index >= 15 is 0 Å². The van der Waals surface area contributed by atoms with Crippen LogP contribution in [0.2, 0.25) is 0 Å². The first kappa shape index (κ1) is 18.9. The number of fused-ring (bicyclic) bond motifs is 1. The summed E-state index contributed by atoms with van der Waals surface area (Å²) in [6.45, 7) is 1.88. The molecule has 0 unspecified atom stereocenters. The molecular formula is C20H20N2O4S. The van der Waals surface area contributed by atoms with Crippen LogP contribution in [0.15, 0.2) is 65.6 Å². The molecule has 27 heavy (non-hydrogen) atoms. The molecule has 0 bridgehead atoms. The van der Waals surface area contributed by atoms with Crippen molar-refractivity contribution in [3.8, 4) is 5.75 Å². The summed E-state index contributed by atoms with van der Waals surface area (Å²) in [5.74, 6) is -0.306. The highest BCUT2D eigenvalue weighted by molar-refractivity contribution is 7.89. The van der Waals surface area contributed by atoms with Gasteiger partial charge in [-0.05, 0) is 41.5 Å². The van der Waals surface area contributed by atoms with Gasteiger partial charge in [0.25, 0.3) is 5.91 Å². The van der Waals surface area contributed by atoms with Gasteiger partial charge in [0.2, 0.25) is 10.0 Å². The average Bonchev–Trinajstić information content (AvgIpc) is 2.66. The molecule has 3 aromatic rings. The minimum absolute atomic E-state index is 0.0937. The Morgan fingerprint density at radius 3 is 2.48 bits per heavy atom. The fourth-order valence-corrected chi connectivity index (χ4v) is 3.75. The maximum atomic E-state index is 12.7. The summed E-state index contributed by atoms with van der Waals surface area (Å²) in [5, 5.41) is 10.3. The van der Waals surface area contributed by atoms with Crippen molar-refractivity contribution in [1.82, 2.24) is 5.32 Å². The summed E-state index contributed by atoms with van der Waals surface area (Å²) < 4.78 is 28.5. The molecule has 0 spiro atoms. The van der Waals surface area contributed by atoms with Gasteiger partial charge < -0.3 is 10.1 Å². The predicted octanol–water partition coefficient (Wildman–Crippen LogP) is 2.99. The Morgan fingerprint density at radius 1 is 1.07 bits per heavy atom. The van der Waals surface area contributed by atoms with E-state index in [1.165, 1.54) is 25.3 Å². The van der Waals surface area contributed by atoms with Crippen molar-refractivity contribution in [3.63, 3.8) is 0 Å². The van der Waals surface area contributed by atoms with Crippen LogP contribution < -0.4 is 15.2 Å². The van der Waals surface area contributed by atoms with E-state index in [9.17, 15) is 13.2 Å². The lowest BCUT2D eigenvalue weighted by molar-refractivity contribution is 0.0940. The maximum Gasteiger partial charge on any atom is 0.251 e. The number of hydrogen-bond donors (Lipinski definition) is 2. The second-order valence-electron chi connectivity index (χ2n) is 6.17. The monoisotopic (exact) mass is 384 g/mol. The van der Waals surface area contributed by atoms with Gasteiger partial charge in [0.05, 0.1) is 13.2 Å². The molecule has 3 aromatic carbocycles. The smallest absolute Gasteiger partial charge is 0.251 e. The number of nitrogens with one attached hydrogen (secondary N) is 1. The average molecular weight is 384 g/mol. The summed E-state index contributed by atoms with van der Waals surface area (Å²) >= 11 is 0. The number of primary sulfonamides is 1. The highest BCUT2D eigenvalue weighted by Crippen LogP contribution is 2.26. The Labute approximate surface area is 158 Å². The Bertz CT molecular complexity index is 1100. The Kier molecular flexibility index (Phi) is 5.16. The van der Waals surface area contributed by atoms with Gasteiger partial charge in [0.1, 0.15) is 10.6 Å². The SMILES string of the molecule is COc1ccc(C(=O)N[C@@H](C)c2cccc3ccccc23)cc1S(N)(=O)=O. The Hall–Kier alpha value is -2.90. The van der Waals surface area contributed by atoms with Crippen LogP contribution in [0.1, 0.15) is 28.9 Å². The normalized spacial score (nSPS) is 12.6. The zero-order chi connectivity index (χ0) is 19.6. The number of ether oxygens (including phenoxy) is 1. The number of benzene rings is 3. The molecule has 6 nitrogen and oxygen atoms in total. The molecule has 7 heteroatoms. The molecule has 0 aliphatic heterocycles. The molecule has 0 saturated heterocycles. The molecule has 0 saturated carbocycles. The van der Waals surface area contributed by atoms with Crippen molar-refractivity contribution < 1.29 is 17.9 Å². The first-order valence-corrected chi connectivity index (χ1v) is 9.85. The molecule has 1 amide bonds. The first-order valence-electron chi connectivity index (χ1n) is 8.30. The van der Waals surface area contributed by atoms with Crippen LogP contribution >= 0.6 is 0 Å². The lowest BCUT2D eigenvalue weighted by Gasteiger charge is -2.17. The van der Waals surface area contributed by atoms with Crippen molar-refractivity contribution in [2.24, 2.45) is 5.14 Å². The number of carbonyl (C=O) groups excluding carboxylic acids is 1. The topological polar surface area (TPSA) is 98.5 Å². The number of nitrogens with two attached hydrogens (primary N) is 1. The summed E-state index contributed by atoms with van der Waals surface area (Å²) in [6, 6.07) is 17.7. The van der Waals surface area contributed by atoms with E-state index < -0.39 is 15.9 Å². The predicted molar refractivity (Wildman–Crippen MR) is 104 cm³/mol. The van der Waals surface area contributed by atoms with Gasteiger partial charge in [-0.25, -0.2) is 13.6 Å². The second kappa shape index (κ2) is 7.38. The maximum absolute atomic E-state index is 12.7. The summed E-state index contributed by atoms with van der Waals surface area (Å²) in [4.78, 5) is 12.4. The molecule has 1 atom stereocenters. The largest absolute Gasteiger partial charge is 0.495 e. The van der Waals surface area contributed by atoms with Gasteiger partial charge in [0, 0.05) is 5.56 Å². The van der Waals surface area contributed by atoms with Crippen LogP contribution in [0.4, 0.5) is 0 Å². The van der Waals surface area contributed by atoms with Gasteiger partial charge in [-0.3, -0.25) is 4.79 Å². The minimum Gasteiger partial charge on any atom is -0.495 e. The third kappa shape index (κ3) is 3.94. The van der Waals surface area contributed by atoms with Crippen LogP contribution in [0, 0.1) is 0 Å². The van der Waals surface area contributed by atoms with Crippen molar-refractivity contribution in [2.45, 2.75) is 17.9 Å². The van der Waals surface area contributed by atoms with Crippen LogP contribution in [-0.2, 0) is 10.0 Å². The fraction of sp³-hybridized carbons (Fsp3) is 0.150. The zero-order valence-electron chi connectivity index (χ0n) is 15.0. The standard InChI is InChI=1S/C20H20N2O4S/c1-13(16-9-5-7-14-6-3-4-8-17(14)16)22-20(23)15-10-11-18(26-2)19(12-15)27(21,24)25/h3-13H,1-2H3,(H,22,23)(H2,21,24,25)/t13-/m0/s1. The molecule has 0 radical (unpaired) electrons.